The smallest absolute Gasteiger partial charge is 0.364 e. The molecule has 2 N–H and O–H groups in total. The van der Waals surface area contributed by atoms with Gasteiger partial charge in [0, 0.05) is 6.61 Å². The van der Waals surface area contributed by atoms with E-state index in [-0.39, 0.29) is 32.5 Å². The van der Waals surface area contributed by atoms with E-state index >= 15 is 0 Å². The first-order chi connectivity index (χ1) is 23.7. The number of ether oxygens (including phenoxy) is 5. The van der Waals surface area contributed by atoms with Crippen LogP contribution in [0.15, 0.2) is 73.3 Å². The van der Waals surface area contributed by atoms with Crippen LogP contribution < -0.4 is 5.32 Å². The minimum atomic E-state index is -3.95. The molecular formula is C34H44N5O9P. The van der Waals surface area contributed by atoms with E-state index in [0.29, 0.717) is 17.0 Å². The highest BCUT2D eigenvalue weighted by Crippen LogP contribution is 2.55. The molecule has 15 heteroatoms. The third-order valence-corrected chi connectivity index (χ3v) is 10.5. The summed E-state index contributed by atoms with van der Waals surface area (Å²) in [5, 5.41) is 14.4. The molecule has 6 rings (SSSR count). The van der Waals surface area contributed by atoms with Gasteiger partial charge >= 0.3 is 7.60 Å². The highest BCUT2D eigenvalue weighted by Gasteiger charge is 2.57. The maximum atomic E-state index is 13.7. The topological polar surface area (TPSA) is 158 Å². The SMILES string of the molecule is CCOC(O)C(OC[C@H]1O[C@@H](n2cnc3c(NC(c4ccccc4)c4ccccc4)ncnc32)[C@@H]2OC(C)(C)O[C@@H]21)P(=O)(OCC)OCC. The van der Waals surface area contributed by atoms with Gasteiger partial charge < -0.3 is 43.2 Å². The first-order valence-electron chi connectivity index (χ1n) is 16.5. The van der Waals surface area contributed by atoms with Gasteiger partial charge in [-0.25, -0.2) is 15.0 Å². The van der Waals surface area contributed by atoms with Gasteiger partial charge in [-0.15, -0.1) is 0 Å². The zero-order valence-corrected chi connectivity index (χ0v) is 29.1. The Bertz CT molecular complexity index is 1660. The molecule has 0 amide bonds. The summed E-state index contributed by atoms with van der Waals surface area (Å²) in [4.78, 5) is 13.9. The number of aliphatic hydroxyl groups excluding tert-OH is 1. The lowest BCUT2D eigenvalue weighted by Gasteiger charge is -2.31. The number of hydrogen-bond acceptors (Lipinski definition) is 13. The lowest BCUT2D eigenvalue weighted by molar-refractivity contribution is -0.209. The maximum Gasteiger partial charge on any atom is 0.364 e. The number of imidazole rings is 1. The normalized spacial score (nSPS) is 23.2. The molecule has 0 bridgehead atoms. The molecule has 49 heavy (non-hydrogen) atoms. The largest absolute Gasteiger partial charge is 0.365 e. The van der Waals surface area contributed by atoms with Crippen molar-refractivity contribution in [2.75, 3.05) is 31.7 Å². The van der Waals surface area contributed by atoms with Crippen LogP contribution in [0.3, 0.4) is 0 Å². The highest BCUT2D eigenvalue weighted by molar-refractivity contribution is 7.54. The maximum absolute atomic E-state index is 13.7. The molecule has 0 spiro atoms. The van der Waals surface area contributed by atoms with Crippen molar-refractivity contribution in [2.45, 2.75) is 83.1 Å². The fourth-order valence-corrected chi connectivity index (χ4v) is 8.02. The van der Waals surface area contributed by atoms with Crippen LogP contribution in [0.4, 0.5) is 5.82 Å². The van der Waals surface area contributed by atoms with Crippen LogP contribution in [-0.4, -0.2) is 87.3 Å². The van der Waals surface area contributed by atoms with Crippen molar-refractivity contribution in [2.24, 2.45) is 0 Å². The Morgan fingerprint density at radius 2 is 1.53 bits per heavy atom. The van der Waals surface area contributed by atoms with Gasteiger partial charge in [0.1, 0.15) is 24.6 Å². The monoisotopic (exact) mass is 697 g/mol. The van der Waals surface area contributed by atoms with Gasteiger partial charge in [-0.05, 0) is 45.7 Å². The quantitative estimate of drug-likeness (QED) is 0.113. The van der Waals surface area contributed by atoms with Crippen LogP contribution in [0, 0.1) is 0 Å². The minimum absolute atomic E-state index is 0.0810. The molecule has 2 unspecified atom stereocenters. The molecule has 2 aromatic heterocycles. The fourth-order valence-electron chi connectivity index (χ4n) is 6.27. The Kier molecular flexibility index (Phi) is 11.1. The van der Waals surface area contributed by atoms with Crippen LogP contribution in [-0.2, 0) is 37.3 Å². The predicted octanol–water partition coefficient (Wildman–Crippen LogP) is 5.41. The molecule has 2 aliphatic heterocycles. The van der Waals surface area contributed by atoms with E-state index in [9.17, 15) is 9.67 Å². The van der Waals surface area contributed by atoms with Crippen molar-refractivity contribution >= 4 is 24.6 Å². The molecule has 0 aliphatic carbocycles. The van der Waals surface area contributed by atoms with Gasteiger partial charge in [0.25, 0.3) is 0 Å². The lowest BCUT2D eigenvalue weighted by atomic mass is 9.99. The number of rotatable bonds is 16. The van der Waals surface area contributed by atoms with E-state index in [0.717, 1.165) is 11.1 Å². The Hall–Kier alpha value is -3.30. The standard InChI is InChI=1S/C34H44N5O9P/c1-6-42-32(40)33(49(41,44-7-2)45-8-3)43-19-24-27-28(48-34(4,5)47-27)31(46-24)39-21-37-26-29(35-20-36-30(26)39)38-25(22-15-11-9-12-16-22)23-17-13-10-14-18-23/h9-18,20-21,24-25,27-28,31-33,40H,6-8,19H2,1-5H3,(H,35,36,38)/t24-,27-,28-,31-,32?,33?/m1/s1. The molecule has 4 heterocycles. The highest BCUT2D eigenvalue weighted by atomic mass is 31.2. The number of fused-ring (bicyclic) bond motifs is 2. The van der Waals surface area contributed by atoms with Crippen molar-refractivity contribution in [3.63, 3.8) is 0 Å². The van der Waals surface area contributed by atoms with Crippen LogP contribution in [0.25, 0.3) is 11.2 Å². The third kappa shape index (κ3) is 7.58. The van der Waals surface area contributed by atoms with Gasteiger partial charge in [0.2, 0.25) is 5.85 Å². The van der Waals surface area contributed by atoms with E-state index < -0.39 is 50.1 Å². The van der Waals surface area contributed by atoms with Crippen LogP contribution in [0.5, 0.6) is 0 Å². The summed E-state index contributed by atoms with van der Waals surface area (Å²) in [6.07, 6.45) is -1.03. The average Bonchev–Trinajstić information content (AvgIpc) is 3.76. The van der Waals surface area contributed by atoms with Crippen molar-refractivity contribution in [3.8, 4) is 0 Å². The Labute approximate surface area is 285 Å². The van der Waals surface area contributed by atoms with E-state index in [1.165, 1.54) is 6.33 Å². The summed E-state index contributed by atoms with van der Waals surface area (Å²) in [5.41, 5.74) is 3.20. The van der Waals surface area contributed by atoms with Crippen molar-refractivity contribution < 1.29 is 42.4 Å². The lowest BCUT2D eigenvalue weighted by Crippen LogP contribution is -2.38. The van der Waals surface area contributed by atoms with E-state index in [1.807, 2.05) is 50.2 Å². The zero-order chi connectivity index (χ0) is 34.6. The molecule has 2 aliphatic rings. The summed E-state index contributed by atoms with van der Waals surface area (Å²) in [6, 6.07) is 20.0. The molecule has 0 saturated carbocycles. The predicted molar refractivity (Wildman–Crippen MR) is 180 cm³/mol. The molecule has 6 atom stereocenters. The summed E-state index contributed by atoms with van der Waals surface area (Å²) in [7, 11) is -3.95. The second kappa shape index (κ2) is 15.3. The van der Waals surface area contributed by atoms with Crippen molar-refractivity contribution in [1.82, 2.24) is 19.5 Å². The Balaban J connectivity index is 1.28. The third-order valence-electron chi connectivity index (χ3n) is 8.25. The van der Waals surface area contributed by atoms with Crippen molar-refractivity contribution in [1.29, 1.82) is 0 Å². The Morgan fingerprint density at radius 3 is 2.14 bits per heavy atom. The van der Waals surface area contributed by atoms with E-state index in [2.05, 4.69) is 39.6 Å². The Morgan fingerprint density at radius 1 is 0.898 bits per heavy atom. The van der Waals surface area contributed by atoms with Gasteiger partial charge in [-0.3, -0.25) is 9.13 Å². The molecule has 4 aromatic rings. The number of aliphatic hydroxyl groups is 1. The second-order valence-electron chi connectivity index (χ2n) is 12.0. The number of nitrogens with zero attached hydrogens (tertiary/aromatic N) is 4. The van der Waals surface area contributed by atoms with Crippen molar-refractivity contribution in [3.05, 3.63) is 84.4 Å². The number of nitrogens with one attached hydrogen (secondary N) is 1. The first kappa shape index (κ1) is 35.5. The van der Waals surface area contributed by atoms with Gasteiger partial charge in [0.05, 0.1) is 32.2 Å². The molecule has 14 nitrogen and oxygen atoms in total. The van der Waals surface area contributed by atoms with Crippen LogP contribution in [0.1, 0.15) is 58.0 Å². The number of hydrogen-bond donors (Lipinski definition) is 2. The van der Waals surface area contributed by atoms with Crippen LogP contribution >= 0.6 is 7.60 Å². The number of benzene rings is 2. The first-order valence-corrected chi connectivity index (χ1v) is 18.1. The zero-order valence-electron chi connectivity index (χ0n) is 28.2. The van der Waals surface area contributed by atoms with E-state index in [4.69, 9.17) is 37.7 Å². The molecule has 264 valence electrons. The molecule has 0 radical (unpaired) electrons. The van der Waals surface area contributed by atoms with Gasteiger partial charge in [-0.2, -0.15) is 0 Å². The molecule has 2 saturated heterocycles. The second-order valence-corrected chi connectivity index (χ2v) is 14.1. The fraction of sp³-hybridized carbons (Fsp3) is 0.500. The van der Waals surface area contributed by atoms with Crippen LogP contribution in [0.2, 0.25) is 0 Å². The van der Waals surface area contributed by atoms with Gasteiger partial charge in [-0.1, -0.05) is 60.7 Å². The van der Waals surface area contributed by atoms with E-state index in [1.54, 1.807) is 31.7 Å². The molecular weight excluding hydrogens is 653 g/mol. The summed E-state index contributed by atoms with van der Waals surface area (Å²) in [5.74, 6) is -1.81. The number of aromatic nitrogens is 4. The van der Waals surface area contributed by atoms with Gasteiger partial charge in [0.15, 0.2) is 35.3 Å². The summed E-state index contributed by atoms with van der Waals surface area (Å²) < 4.78 is 57.1. The summed E-state index contributed by atoms with van der Waals surface area (Å²) in [6.45, 7) is 8.89. The minimum Gasteiger partial charge on any atom is -0.365 e. The summed E-state index contributed by atoms with van der Waals surface area (Å²) >= 11 is 0. The number of anilines is 1. The molecule has 2 fully saturated rings. The average molecular weight is 698 g/mol. The molecule has 2 aromatic carbocycles.